The first kappa shape index (κ1) is 27.0. The molecule has 0 aliphatic rings. The summed E-state index contributed by atoms with van der Waals surface area (Å²) in [7, 11) is 0. The quantitative estimate of drug-likeness (QED) is 0.197. The minimum Gasteiger partial charge on any atom is -0.508 e. The molecule has 0 fully saturated rings. The van der Waals surface area contributed by atoms with Crippen molar-refractivity contribution in [2.24, 2.45) is 0 Å². The van der Waals surface area contributed by atoms with Crippen molar-refractivity contribution in [3.05, 3.63) is 29.8 Å². The van der Waals surface area contributed by atoms with E-state index < -0.39 is 11.8 Å². The third-order valence-electron chi connectivity index (χ3n) is 5.66. The monoisotopic (exact) mass is 432 g/mol. The fourth-order valence-corrected chi connectivity index (χ4v) is 3.65. The lowest BCUT2D eigenvalue weighted by molar-refractivity contribution is -0.139. The molecule has 5 heteroatoms. The van der Waals surface area contributed by atoms with Crippen molar-refractivity contribution in [1.29, 1.82) is 0 Å². The maximum atomic E-state index is 11.8. The summed E-state index contributed by atoms with van der Waals surface area (Å²) in [6, 6.07) is 6.53. The van der Waals surface area contributed by atoms with Crippen LogP contribution in [-0.2, 0) is 16.1 Å². The SMILES string of the molecule is CCCCCCCCCCCCCCCCCNC(=O)C(=O)NCc1ccc(O)cc1. The van der Waals surface area contributed by atoms with E-state index in [0.717, 1.165) is 18.4 Å². The Morgan fingerprint density at radius 3 is 1.55 bits per heavy atom. The summed E-state index contributed by atoms with van der Waals surface area (Å²) in [5.41, 5.74) is 0.835. The minimum absolute atomic E-state index is 0.177. The van der Waals surface area contributed by atoms with Crippen molar-refractivity contribution in [2.45, 2.75) is 110 Å². The number of benzene rings is 1. The van der Waals surface area contributed by atoms with Gasteiger partial charge in [-0.15, -0.1) is 0 Å². The number of carbonyl (C=O) groups is 2. The van der Waals surface area contributed by atoms with E-state index in [9.17, 15) is 14.7 Å². The standard InChI is InChI=1S/C26H44N2O3/c1-2-3-4-5-6-7-8-9-10-11-12-13-14-15-16-21-27-25(30)26(31)28-22-23-17-19-24(29)20-18-23/h17-20,29H,2-16,21-22H2,1H3,(H,27,30)(H,28,31). The number of phenols is 1. The van der Waals surface area contributed by atoms with E-state index in [1.807, 2.05) is 0 Å². The highest BCUT2D eigenvalue weighted by Crippen LogP contribution is 2.13. The first-order valence-electron chi connectivity index (χ1n) is 12.5. The van der Waals surface area contributed by atoms with Crippen LogP contribution in [0.25, 0.3) is 0 Å². The summed E-state index contributed by atoms with van der Waals surface area (Å²) in [6.45, 7) is 3.08. The molecular weight excluding hydrogens is 388 g/mol. The van der Waals surface area contributed by atoms with Crippen molar-refractivity contribution >= 4 is 11.8 Å². The highest BCUT2D eigenvalue weighted by atomic mass is 16.3. The number of nitrogens with one attached hydrogen (secondary N) is 2. The summed E-state index contributed by atoms with van der Waals surface area (Å²) < 4.78 is 0. The molecule has 1 aromatic carbocycles. The van der Waals surface area contributed by atoms with E-state index in [0.29, 0.717) is 6.54 Å². The first-order valence-corrected chi connectivity index (χ1v) is 12.5. The molecule has 0 radical (unpaired) electrons. The van der Waals surface area contributed by atoms with Crippen LogP contribution in [0.15, 0.2) is 24.3 Å². The lowest BCUT2D eigenvalue weighted by Gasteiger charge is -2.07. The molecule has 0 unspecified atom stereocenters. The zero-order chi connectivity index (χ0) is 22.6. The molecule has 1 rings (SSSR count). The second-order valence-electron chi connectivity index (χ2n) is 8.55. The van der Waals surface area contributed by atoms with Crippen molar-refractivity contribution in [3.63, 3.8) is 0 Å². The van der Waals surface area contributed by atoms with Gasteiger partial charge in [-0.2, -0.15) is 0 Å². The number of carbonyl (C=O) groups excluding carboxylic acids is 2. The number of rotatable bonds is 18. The van der Waals surface area contributed by atoms with Crippen molar-refractivity contribution in [2.75, 3.05) is 6.54 Å². The lowest BCUT2D eigenvalue weighted by atomic mass is 10.0. The van der Waals surface area contributed by atoms with Gasteiger partial charge in [-0.25, -0.2) is 0 Å². The molecule has 0 aromatic heterocycles. The molecule has 1 aromatic rings. The highest BCUT2D eigenvalue weighted by molar-refractivity contribution is 6.35. The van der Waals surface area contributed by atoms with Gasteiger partial charge in [0.25, 0.3) is 0 Å². The largest absolute Gasteiger partial charge is 0.508 e. The maximum Gasteiger partial charge on any atom is 0.309 e. The summed E-state index contributed by atoms with van der Waals surface area (Å²) in [5, 5.41) is 14.5. The second kappa shape index (κ2) is 18.7. The Kier molecular flexibility index (Phi) is 16.3. The molecule has 0 aliphatic carbocycles. The topological polar surface area (TPSA) is 78.4 Å². The number of unbranched alkanes of at least 4 members (excludes halogenated alkanes) is 14. The number of amides is 2. The fraction of sp³-hybridized carbons (Fsp3) is 0.692. The highest BCUT2D eigenvalue weighted by Gasteiger charge is 2.11. The van der Waals surface area contributed by atoms with Crippen LogP contribution in [0.1, 0.15) is 109 Å². The normalized spacial score (nSPS) is 10.7. The van der Waals surface area contributed by atoms with Gasteiger partial charge in [0.05, 0.1) is 0 Å². The van der Waals surface area contributed by atoms with Gasteiger partial charge in [0, 0.05) is 13.1 Å². The van der Waals surface area contributed by atoms with E-state index in [2.05, 4.69) is 17.6 Å². The van der Waals surface area contributed by atoms with Gasteiger partial charge in [-0.05, 0) is 24.1 Å². The first-order chi connectivity index (χ1) is 15.1. The Balaban J connectivity index is 1.85. The number of aromatic hydroxyl groups is 1. The number of phenolic OH excluding ortho intramolecular Hbond substituents is 1. The molecule has 0 saturated heterocycles. The van der Waals surface area contributed by atoms with E-state index in [-0.39, 0.29) is 12.3 Å². The molecule has 0 heterocycles. The molecule has 2 amide bonds. The molecular formula is C26H44N2O3. The van der Waals surface area contributed by atoms with Crippen LogP contribution in [0.3, 0.4) is 0 Å². The van der Waals surface area contributed by atoms with Crippen LogP contribution in [0.4, 0.5) is 0 Å². The molecule has 0 bridgehead atoms. The summed E-state index contributed by atoms with van der Waals surface area (Å²) >= 11 is 0. The van der Waals surface area contributed by atoms with Crippen LogP contribution in [0, 0.1) is 0 Å². The van der Waals surface area contributed by atoms with Gasteiger partial charge in [0.1, 0.15) is 5.75 Å². The zero-order valence-corrected chi connectivity index (χ0v) is 19.6. The molecule has 0 atom stereocenters. The van der Waals surface area contributed by atoms with Gasteiger partial charge >= 0.3 is 11.8 Å². The predicted molar refractivity (Wildman–Crippen MR) is 128 cm³/mol. The van der Waals surface area contributed by atoms with Gasteiger partial charge in [-0.1, -0.05) is 109 Å². The van der Waals surface area contributed by atoms with Gasteiger partial charge in [0.15, 0.2) is 0 Å². The minimum atomic E-state index is -0.617. The average Bonchev–Trinajstić information content (AvgIpc) is 2.78. The van der Waals surface area contributed by atoms with Crippen LogP contribution in [0.2, 0.25) is 0 Å². The van der Waals surface area contributed by atoms with Gasteiger partial charge in [-0.3, -0.25) is 9.59 Å². The van der Waals surface area contributed by atoms with Crippen molar-refractivity contribution in [3.8, 4) is 5.75 Å². The van der Waals surface area contributed by atoms with E-state index in [4.69, 9.17) is 0 Å². The van der Waals surface area contributed by atoms with Gasteiger partial charge in [0.2, 0.25) is 0 Å². The van der Waals surface area contributed by atoms with Crippen molar-refractivity contribution < 1.29 is 14.7 Å². The maximum absolute atomic E-state index is 11.8. The Labute approximate surface area is 189 Å². The smallest absolute Gasteiger partial charge is 0.309 e. The van der Waals surface area contributed by atoms with Crippen molar-refractivity contribution in [1.82, 2.24) is 10.6 Å². The van der Waals surface area contributed by atoms with E-state index in [1.54, 1.807) is 24.3 Å². The van der Waals surface area contributed by atoms with Crippen LogP contribution >= 0.6 is 0 Å². The molecule has 176 valence electrons. The Morgan fingerprint density at radius 1 is 0.645 bits per heavy atom. The molecule has 5 nitrogen and oxygen atoms in total. The molecule has 31 heavy (non-hydrogen) atoms. The Hall–Kier alpha value is -2.04. The zero-order valence-electron chi connectivity index (χ0n) is 19.6. The second-order valence-corrected chi connectivity index (χ2v) is 8.55. The van der Waals surface area contributed by atoms with Crippen LogP contribution in [-0.4, -0.2) is 23.5 Å². The van der Waals surface area contributed by atoms with Crippen LogP contribution in [0.5, 0.6) is 5.75 Å². The Morgan fingerprint density at radius 2 is 1.06 bits per heavy atom. The van der Waals surface area contributed by atoms with Crippen LogP contribution < -0.4 is 10.6 Å². The molecule has 0 spiro atoms. The molecule has 0 saturated carbocycles. The third kappa shape index (κ3) is 15.4. The summed E-state index contributed by atoms with van der Waals surface area (Å²) in [5.74, 6) is -1.02. The third-order valence-corrected chi connectivity index (χ3v) is 5.66. The fourth-order valence-electron chi connectivity index (χ4n) is 3.65. The summed E-state index contributed by atoms with van der Waals surface area (Å²) in [6.07, 6.45) is 19.6. The Bertz CT molecular complexity index is 587. The number of hydrogen-bond donors (Lipinski definition) is 3. The van der Waals surface area contributed by atoms with E-state index >= 15 is 0 Å². The molecule has 0 aliphatic heterocycles. The predicted octanol–water partition coefficient (Wildman–Crippen LogP) is 6.00. The van der Waals surface area contributed by atoms with Gasteiger partial charge < -0.3 is 15.7 Å². The summed E-state index contributed by atoms with van der Waals surface area (Å²) in [4.78, 5) is 23.6. The van der Waals surface area contributed by atoms with E-state index in [1.165, 1.54) is 83.5 Å². The lowest BCUT2D eigenvalue weighted by Crippen LogP contribution is -2.39. The number of hydrogen-bond acceptors (Lipinski definition) is 3. The molecule has 3 N–H and O–H groups in total. The average molecular weight is 433 g/mol.